The summed E-state index contributed by atoms with van der Waals surface area (Å²) in [5.74, 6) is 1.07. The Hall–Kier alpha value is -1.80. The Kier molecular flexibility index (Phi) is 5.43. The third kappa shape index (κ3) is 4.48. The maximum absolute atomic E-state index is 12.0. The fraction of sp³-hybridized carbons (Fsp3) is 0.611. The summed E-state index contributed by atoms with van der Waals surface area (Å²) in [6.07, 6.45) is 3.65. The molecule has 2 aliphatic carbocycles. The summed E-state index contributed by atoms with van der Waals surface area (Å²) in [6, 6.07) is 7.56. The first-order valence-corrected chi connectivity index (χ1v) is 10.4. The number of urea groups is 1. The molecule has 0 radical (unpaired) electrons. The average molecular weight is 382 g/mol. The van der Waals surface area contributed by atoms with Gasteiger partial charge in [-0.25, -0.2) is 4.79 Å². The fourth-order valence-electron chi connectivity index (χ4n) is 4.22. The van der Waals surface area contributed by atoms with Gasteiger partial charge < -0.3 is 15.4 Å². The minimum absolute atomic E-state index is 0.103. The van der Waals surface area contributed by atoms with Crippen molar-refractivity contribution in [2.24, 2.45) is 11.3 Å². The third-order valence-electron chi connectivity index (χ3n) is 5.44. The molecule has 2 N–H and O–H groups in total. The lowest BCUT2D eigenvalue weighted by Gasteiger charge is -2.57. The summed E-state index contributed by atoms with van der Waals surface area (Å²) in [6.45, 7) is 0.463. The lowest BCUT2D eigenvalue weighted by atomic mass is 9.50. The van der Waals surface area contributed by atoms with Crippen molar-refractivity contribution < 1.29 is 22.1 Å². The van der Waals surface area contributed by atoms with E-state index >= 15 is 0 Å². The van der Waals surface area contributed by atoms with Gasteiger partial charge in [0.25, 0.3) is 10.1 Å². The molecule has 0 saturated heterocycles. The normalized spacial score (nSPS) is 27.3. The van der Waals surface area contributed by atoms with Crippen molar-refractivity contribution in [2.75, 3.05) is 20.0 Å². The van der Waals surface area contributed by atoms with Crippen molar-refractivity contribution in [2.45, 2.75) is 38.3 Å². The molecule has 0 aliphatic heterocycles. The molecule has 0 aromatic heterocycles. The predicted molar refractivity (Wildman–Crippen MR) is 97.3 cm³/mol. The van der Waals surface area contributed by atoms with E-state index in [1.165, 1.54) is 7.11 Å². The number of ether oxygens (including phenoxy) is 1. The van der Waals surface area contributed by atoms with Crippen LogP contribution in [0.25, 0.3) is 0 Å². The lowest BCUT2D eigenvalue weighted by molar-refractivity contribution is -0.0379. The number of methoxy groups -OCH3 is 1. The number of carbonyl (C=O) groups is 1. The van der Waals surface area contributed by atoms with Gasteiger partial charge >= 0.3 is 6.03 Å². The second kappa shape index (κ2) is 7.44. The minimum atomic E-state index is -3.37. The van der Waals surface area contributed by atoms with E-state index < -0.39 is 10.1 Å². The van der Waals surface area contributed by atoms with Crippen molar-refractivity contribution >= 4 is 16.1 Å². The molecule has 26 heavy (non-hydrogen) atoms. The van der Waals surface area contributed by atoms with Crippen molar-refractivity contribution in [1.82, 2.24) is 10.6 Å². The second-order valence-corrected chi connectivity index (χ2v) is 9.23. The summed E-state index contributed by atoms with van der Waals surface area (Å²) in [5.41, 5.74) is 1.23. The van der Waals surface area contributed by atoms with Crippen LogP contribution in [-0.4, -0.2) is 40.5 Å². The number of benzene rings is 1. The fourth-order valence-corrected chi connectivity index (χ4v) is 5.17. The zero-order valence-electron chi connectivity index (χ0n) is 15.2. The van der Waals surface area contributed by atoms with E-state index in [1.54, 1.807) is 7.11 Å². The van der Waals surface area contributed by atoms with Gasteiger partial charge in [-0.3, -0.25) is 4.18 Å². The average Bonchev–Trinajstić information content (AvgIpc) is 2.56. The molecule has 0 unspecified atom stereocenters. The molecular weight excluding hydrogens is 356 g/mol. The molecule has 2 saturated carbocycles. The molecule has 1 spiro atoms. The van der Waals surface area contributed by atoms with Crippen LogP contribution in [0.1, 0.15) is 31.2 Å². The summed E-state index contributed by atoms with van der Waals surface area (Å²) in [7, 11) is -0.548. The first kappa shape index (κ1) is 19.0. The van der Waals surface area contributed by atoms with E-state index in [0.717, 1.165) is 37.0 Å². The topological polar surface area (TPSA) is 93.7 Å². The molecule has 144 valence electrons. The largest absolute Gasteiger partial charge is 0.497 e. The van der Waals surface area contributed by atoms with Crippen molar-refractivity contribution in [1.29, 1.82) is 0 Å². The van der Waals surface area contributed by atoms with Crippen molar-refractivity contribution in [3.8, 4) is 5.75 Å². The van der Waals surface area contributed by atoms with Crippen LogP contribution >= 0.6 is 0 Å². The molecule has 2 fully saturated rings. The Morgan fingerprint density at radius 3 is 2.38 bits per heavy atom. The third-order valence-corrected chi connectivity index (χ3v) is 6.83. The summed E-state index contributed by atoms with van der Waals surface area (Å²) >= 11 is 0. The molecule has 0 bridgehead atoms. The van der Waals surface area contributed by atoms with Gasteiger partial charge in [0.2, 0.25) is 0 Å². The molecule has 2 aliphatic rings. The highest BCUT2D eigenvalue weighted by Crippen LogP contribution is 2.58. The lowest BCUT2D eigenvalue weighted by Crippen LogP contribution is -2.58. The van der Waals surface area contributed by atoms with Crippen LogP contribution < -0.4 is 15.4 Å². The van der Waals surface area contributed by atoms with E-state index in [0.29, 0.717) is 6.54 Å². The van der Waals surface area contributed by atoms with Crippen LogP contribution in [0.15, 0.2) is 24.3 Å². The predicted octanol–water partition coefficient (Wildman–Crippen LogP) is 2.03. The zero-order chi connectivity index (χ0) is 18.8. The standard InChI is InChI=1S/C18H26N2O5S/c1-24-16-5-3-13(4-6-16)11-19-17(21)20-15-9-18(10-15)7-14(8-18)12-26(22,23)25-2/h3-6,14-15H,7-12H2,1-2H3,(H2,19,20,21). The van der Waals surface area contributed by atoms with E-state index in [-0.39, 0.29) is 29.2 Å². The number of hydrogen-bond donors (Lipinski definition) is 2. The van der Waals surface area contributed by atoms with Gasteiger partial charge in [0.1, 0.15) is 5.75 Å². The first-order valence-electron chi connectivity index (χ1n) is 8.79. The summed E-state index contributed by atoms with van der Waals surface area (Å²) < 4.78 is 32.5. The van der Waals surface area contributed by atoms with Gasteiger partial charge in [0.05, 0.1) is 20.0 Å². The Labute approximate surface area is 154 Å². The molecule has 0 atom stereocenters. The van der Waals surface area contributed by atoms with Gasteiger partial charge in [0.15, 0.2) is 0 Å². The Morgan fingerprint density at radius 2 is 1.81 bits per heavy atom. The summed E-state index contributed by atoms with van der Waals surface area (Å²) in [5, 5.41) is 5.85. The Balaban J connectivity index is 1.34. The molecule has 0 heterocycles. The molecular formula is C18H26N2O5S. The van der Waals surface area contributed by atoms with Crippen LogP contribution in [0, 0.1) is 11.3 Å². The Morgan fingerprint density at radius 1 is 1.15 bits per heavy atom. The molecule has 3 rings (SSSR count). The van der Waals surface area contributed by atoms with Crippen molar-refractivity contribution in [3.63, 3.8) is 0 Å². The van der Waals surface area contributed by atoms with E-state index in [9.17, 15) is 13.2 Å². The molecule has 8 heteroatoms. The van der Waals surface area contributed by atoms with Crippen molar-refractivity contribution in [3.05, 3.63) is 29.8 Å². The van der Waals surface area contributed by atoms with Gasteiger partial charge in [-0.05, 0) is 54.7 Å². The highest BCUT2D eigenvalue weighted by molar-refractivity contribution is 7.86. The number of rotatable bonds is 7. The van der Waals surface area contributed by atoms with Crippen LogP contribution in [0.3, 0.4) is 0 Å². The first-order chi connectivity index (χ1) is 12.3. The van der Waals surface area contributed by atoms with Gasteiger partial charge in [0, 0.05) is 12.6 Å². The maximum atomic E-state index is 12.0. The zero-order valence-corrected chi connectivity index (χ0v) is 16.0. The minimum Gasteiger partial charge on any atom is -0.497 e. The monoisotopic (exact) mass is 382 g/mol. The van der Waals surface area contributed by atoms with E-state index in [2.05, 4.69) is 14.8 Å². The van der Waals surface area contributed by atoms with E-state index in [1.807, 2.05) is 24.3 Å². The number of nitrogens with one attached hydrogen (secondary N) is 2. The maximum Gasteiger partial charge on any atom is 0.315 e. The second-order valence-electron chi connectivity index (χ2n) is 7.45. The van der Waals surface area contributed by atoms with Gasteiger partial charge in [-0.15, -0.1) is 0 Å². The van der Waals surface area contributed by atoms with Crippen LogP contribution in [-0.2, 0) is 20.8 Å². The number of carbonyl (C=O) groups excluding carboxylic acids is 1. The SMILES string of the molecule is COc1ccc(CNC(=O)NC2CC3(CC(CS(=O)(=O)OC)C3)C2)cc1. The molecule has 7 nitrogen and oxygen atoms in total. The smallest absolute Gasteiger partial charge is 0.315 e. The number of hydrogen-bond acceptors (Lipinski definition) is 5. The molecule has 1 aromatic carbocycles. The van der Waals surface area contributed by atoms with Crippen LogP contribution in [0.4, 0.5) is 4.79 Å². The van der Waals surface area contributed by atoms with Crippen LogP contribution in [0.5, 0.6) is 5.75 Å². The highest BCUT2D eigenvalue weighted by atomic mass is 32.2. The summed E-state index contributed by atoms with van der Waals surface area (Å²) in [4.78, 5) is 12.0. The number of amides is 2. The van der Waals surface area contributed by atoms with E-state index in [4.69, 9.17) is 4.74 Å². The quantitative estimate of drug-likeness (QED) is 0.704. The van der Waals surface area contributed by atoms with Gasteiger partial charge in [-0.2, -0.15) is 8.42 Å². The Bertz CT molecular complexity index is 733. The molecule has 2 amide bonds. The van der Waals surface area contributed by atoms with Gasteiger partial charge in [-0.1, -0.05) is 12.1 Å². The van der Waals surface area contributed by atoms with Crippen LogP contribution in [0.2, 0.25) is 0 Å². The highest BCUT2D eigenvalue weighted by Gasteiger charge is 2.53. The molecule has 1 aromatic rings.